The molecule has 1 atom stereocenters. The lowest BCUT2D eigenvalue weighted by atomic mass is 10.1. The first-order valence-electron chi connectivity index (χ1n) is 5.45. The minimum atomic E-state index is -0.675. The van der Waals surface area contributed by atoms with Gasteiger partial charge in [0.25, 0.3) is 0 Å². The third-order valence-electron chi connectivity index (χ3n) is 3.10. The molecule has 0 amide bonds. The summed E-state index contributed by atoms with van der Waals surface area (Å²) in [6.07, 6.45) is 3.71. The Morgan fingerprint density at radius 2 is 2.29 bits per heavy atom. The van der Waals surface area contributed by atoms with Crippen LogP contribution in [0.4, 0.5) is 0 Å². The van der Waals surface area contributed by atoms with Crippen LogP contribution in [0, 0.1) is 0 Å². The largest absolute Gasteiger partial charge is 0.481 e. The van der Waals surface area contributed by atoms with Gasteiger partial charge in [0.05, 0.1) is 0 Å². The van der Waals surface area contributed by atoms with Crippen molar-refractivity contribution in [1.29, 1.82) is 0 Å². The zero-order chi connectivity index (χ0) is 9.97. The van der Waals surface area contributed by atoms with Crippen LogP contribution in [-0.2, 0) is 4.79 Å². The fourth-order valence-corrected chi connectivity index (χ4v) is 2.22. The standard InChI is InChI=1S/C10H18N2O2/c13-10(14)4-3-9-7-11-5-6-12(9)8-1-2-8/h8-9,11H,1-7H2,(H,13,14). The van der Waals surface area contributed by atoms with E-state index in [4.69, 9.17) is 5.11 Å². The molecule has 2 rings (SSSR count). The monoisotopic (exact) mass is 198 g/mol. The van der Waals surface area contributed by atoms with Crippen molar-refractivity contribution in [3.8, 4) is 0 Å². The summed E-state index contributed by atoms with van der Waals surface area (Å²) in [5, 5.41) is 12.0. The van der Waals surface area contributed by atoms with E-state index < -0.39 is 5.97 Å². The quantitative estimate of drug-likeness (QED) is 0.681. The molecule has 80 valence electrons. The predicted octanol–water partition coefficient (Wildman–Crippen LogP) is 0.287. The molecule has 1 saturated heterocycles. The number of hydrogen-bond donors (Lipinski definition) is 2. The molecule has 4 heteroatoms. The van der Waals surface area contributed by atoms with Gasteiger partial charge in [0.1, 0.15) is 0 Å². The van der Waals surface area contributed by atoms with Crippen LogP contribution in [-0.4, -0.2) is 47.7 Å². The second-order valence-electron chi connectivity index (χ2n) is 4.26. The van der Waals surface area contributed by atoms with Crippen molar-refractivity contribution < 1.29 is 9.90 Å². The molecule has 2 N–H and O–H groups in total. The topological polar surface area (TPSA) is 52.6 Å². The van der Waals surface area contributed by atoms with Gasteiger partial charge in [0.15, 0.2) is 0 Å². The van der Waals surface area contributed by atoms with Gasteiger partial charge in [-0.25, -0.2) is 0 Å². The minimum absolute atomic E-state index is 0.301. The summed E-state index contributed by atoms with van der Waals surface area (Å²) in [7, 11) is 0. The molecule has 14 heavy (non-hydrogen) atoms. The van der Waals surface area contributed by atoms with Crippen molar-refractivity contribution in [2.75, 3.05) is 19.6 Å². The van der Waals surface area contributed by atoms with Crippen molar-refractivity contribution in [3.63, 3.8) is 0 Å². The number of rotatable bonds is 4. The molecule has 0 radical (unpaired) electrons. The Labute approximate surface area is 84.3 Å². The summed E-state index contributed by atoms with van der Waals surface area (Å²) in [6.45, 7) is 3.11. The van der Waals surface area contributed by atoms with E-state index in [-0.39, 0.29) is 0 Å². The molecule has 0 spiro atoms. The maximum atomic E-state index is 10.5. The molecule has 2 fully saturated rings. The molecule has 0 aromatic heterocycles. The smallest absolute Gasteiger partial charge is 0.303 e. The number of carboxylic acid groups (broad SMARTS) is 1. The summed E-state index contributed by atoms with van der Waals surface area (Å²) in [5.74, 6) is -0.675. The average Bonchev–Trinajstić information content (AvgIpc) is 2.98. The van der Waals surface area contributed by atoms with Gasteiger partial charge in [-0.2, -0.15) is 0 Å². The first-order valence-corrected chi connectivity index (χ1v) is 5.45. The van der Waals surface area contributed by atoms with Gasteiger partial charge in [-0.3, -0.25) is 9.69 Å². The summed E-state index contributed by atoms with van der Waals surface area (Å²) in [5.41, 5.74) is 0. The molecule has 1 unspecified atom stereocenters. The fraction of sp³-hybridized carbons (Fsp3) is 0.900. The lowest BCUT2D eigenvalue weighted by molar-refractivity contribution is -0.137. The van der Waals surface area contributed by atoms with E-state index in [1.165, 1.54) is 12.8 Å². The molecule has 1 aliphatic heterocycles. The number of piperazine rings is 1. The Balaban J connectivity index is 1.82. The van der Waals surface area contributed by atoms with E-state index in [9.17, 15) is 4.79 Å². The number of nitrogens with zero attached hydrogens (tertiary/aromatic N) is 1. The molecule has 1 heterocycles. The predicted molar refractivity (Wildman–Crippen MR) is 53.3 cm³/mol. The summed E-state index contributed by atoms with van der Waals surface area (Å²) in [6, 6.07) is 1.21. The van der Waals surface area contributed by atoms with Crippen molar-refractivity contribution in [2.45, 2.75) is 37.8 Å². The van der Waals surface area contributed by atoms with Crippen molar-refractivity contribution in [1.82, 2.24) is 10.2 Å². The second kappa shape index (κ2) is 4.28. The second-order valence-corrected chi connectivity index (χ2v) is 4.26. The van der Waals surface area contributed by atoms with Crippen LogP contribution in [0.5, 0.6) is 0 Å². The first-order chi connectivity index (χ1) is 6.77. The van der Waals surface area contributed by atoms with Gasteiger partial charge < -0.3 is 10.4 Å². The van der Waals surface area contributed by atoms with E-state index >= 15 is 0 Å². The van der Waals surface area contributed by atoms with Crippen molar-refractivity contribution >= 4 is 5.97 Å². The van der Waals surface area contributed by atoms with Gasteiger partial charge in [-0.15, -0.1) is 0 Å². The molecule has 1 saturated carbocycles. The van der Waals surface area contributed by atoms with Crippen LogP contribution < -0.4 is 5.32 Å². The average molecular weight is 198 g/mol. The van der Waals surface area contributed by atoms with Crippen molar-refractivity contribution in [3.05, 3.63) is 0 Å². The highest BCUT2D eigenvalue weighted by molar-refractivity contribution is 5.66. The van der Waals surface area contributed by atoms with E-state index in [1.807, 2.05) is 0 Å². The van der Waals surface area contributed by atoms with Crippen LogP contribution in [0.1, 0.15) is 25.7 Å². The number of carbonyl (C=O) groups is 1. The van der Waals surface area contributed by atoms with Gasteiger partial charge in [0.2, 0.25) is 0 Å². The highest BCUT2D eigenvalue weighted by Crippen LogP contribution is 2.30. The van der Waals surface area contributed by atoms with E-state index in [0.717, 1.165) is 32.1 Å². The molecule has 0 aromatic rings. The lowest BCUT2D eigenvalue weighted by Crippen LogP contribution is -2.52. The molecular weight excluding hydrogens is 180 g/mol. The SMILES string of the molecule is O=C(O)CCC1CNCCN1C1CC1. The Bertz CT molecular complexity index is 216. The minimum Gasteiger partial charge on any atom is -0.481 e. The highest BCUT2D eigenvalue weighted by atomic mass is 16.4. The Morgan fingerprint density at radius 3 is 2.93 bits per heavy atom. The zero-order valence-corrected chi connectivity index (χ0v) is 8.41. The first kappa shape index (κ1) is 9.93. The highest BCUT2D eigenvalue weighted by Gasteiger charge is 2.34. The van der Waals surface area contributed by atoms with Gasteiger partial charge >= 0.3 is 5.97 Å². The van der Waals surface area contributed by atoms with Crippen molar-refractivity contribution in [2.24, 2.45) is 0 Å². The summed E-state index contributed by atoms with van der Waals surface area (Å²) >= 11 is 0. The van der Waals surface area contributed by atoms with Gasteiger partial charge in [0, 0.05) is 38.1 Å². The van der Waals surface area contributed by atoms with Crippen LogP contribution in [0.3, 0.4) is 0 Å². The maximum Gasteiger partial charge on any atom is 0.303 e. The maximum absolute atomic E-state index is 10.5. The third kappa shape index (κ3) is 2.45. The number of aliphatic carboxylic acids is 1. The van der Waals surface area contributed by atoms with Crippen LogP contribution in [0.2, 0.25) is 0 Å². The molecule has 2 aliphatic rings. The normalized spacial score (nSPS) is 29.0. The molecule has 1 aliphatic carbocycles. The number of nitrogens with one attached hydrogen (secondary N) is 1. The van der Waals surface area contributed by atoms with Crippen LogP contribution in [0.25, 0.3) is 0 Å². The molecule has 4 nitrogen and oxygen atoms in total. The molecular formula is C10H18N2O2. The molecule has 0 bridgehead atoms. The summed E-state index contributed by atoms with van der Waals surface area (Å²) < 4.78 is 0. The fourth-order valence-electron chi connectivity index (χ4n) is 2.22. The number of carboxylic acids is 1. The summed E-state index contributed by atoms with van der Waals surface area (Å²) in [4.78, 5) is 13.0. The third-order valence-corrected chi connectivity index (χ3v) is 3.10. The Morgan fingerprint density at radius 1 is 1.50 bits per heavy atom. The Hall–Kier alpha value is -0.610. The Kier molecular flexibility index (Phi) is 3.03. The lowest BCUT2D eigenvalue weighted by Gasteiger charge is -2.36. The van der Waals surface area contributed by atoms with E-state index in [2.05, 4.69) is 10.2 Å². The van der Waals surface area contributed by atoms with E-state index in [0.29, 0.717) is 12.5 Å². The molecule has 0 aromatic carbocycles. The van der Waals surface area contributed by atoms with Crippen LogP contribution in [0.15, 0.2) is 0 Å². The zero-order valence-electron chi connectivity index (χ0n) is 8.41. The van der Waals surface area contributed by atoms with Gasteiger partial charge in [-0.1, -0.05) is 0 Å². The van der Waals surface area contributed by atoms with Crippen LogP contribution >= 0.6 is 0 Å². The van der Waals surface area contributed by atoms with Gasteiger partial charge in [-0.05, 0) is 19.3 Å². The number of hydrogen-bond acceptors (Lipinski definition) is 3. The van der Waals surface area contributed by atoms with E-state index in [1.54, 1.807) is 0 Å².